The summed E-state index contributed by atoms with van der Waals surface area (Å²) in [6, 6.07) is 11.8. The van der Waals surface area contributed by atoms with E-state index in [0.717, 1.165) is 16.3 Å². The van der Waals surface area contributed by atoms with Crippen molar-refractivity contribution in [1.82, 2.24) is 15.2 Å². The maximum absolute atomic E-state index is 12.8. The van der Waals surface area contributed by atoms with Gasteiger partial charge in [-0.15, -0.1) is 11.3 Å². The Morgan fingerprint density at radius 3 is 2.66 bits per heavy atom. The highest BCUT2D eigenvalue weighted by Crippen LogP contribution is 2.26. The van der Waals surface area contributed by atoms with Gasteiger partial charge in [0.15, 0.2) is 0 Å². The summed E-state index contributed by atoms with van der Waals surface area (Å²) >= 11 is 1.48. The summed E-state index contributed by atoms with van der Waals surface area (Å²) in [5.74, 6) is 0.615. The van der Waals surface area contributed by atoms with Crippen LogP contribution in [0.1, 0.15) is 34.7 Å². The Morgan fingerprint density at radius 1 is 1.21 bits per heavy atom. The van der Waals surface area contributed by atoms with E-state index in [9.17, 15) is 9.59 Å². The van der Waals surface area contributed by atoms with E-state index < -0.39 is 0 Å². The van der Waals surface area contributed by atoms with Crippen LogP contribution in [-0.4, -0.2) is 34.8 Å². The number of carbonyl (C=O) groups is 2. The van der Waals surface area contributed by atoms with Gasteiger partial charge < -0.3 is 14.6 Å². The number of piperidine rings is 1. The van der Waals surface area contributed by atoms with Gasteiger partial charge in [-0.05, 0) is 31.9 Å². The van der Waals surface area contributed by atoms with Crippen LogP contribution >= 0.6 is 11.3 Å². The second kappa shape index (κ2) is 8.61. The average molecular weight is 410 g/mol. The predicted molar refractivity (Wildman–Crippen MR) is 111 cm³/mol. The summed E-state index contributed by atoms with van der Waals surface area (Å²) in [7, 11) is 0. The van der Waals surface area contributed by atoms with Crippen molar-refractivity contribution in [3.05, 3.63) is 65.1 Å². The van der Waals surface area contributed by atoms with Crippen molar-refractivity contribution in [2.24, 2.45) is 5.92 Å². The molecule has 150 valence electrons. The number of carbonyl (C=O) groups excluding carboxylic acids is 2. The van der Waals surface area contributed by atoms with Crippen molar-refractivity contribution in [2.75, 3.05) is 13.1 Å². The summed E-state index contributed by atoms with van der Waals surface area (Å²) in [6.45, 7) is 3.57. The zero-order valence-electron chi connectivity index (χ0n) is 16.3. The summed E-state index contributed by atoms with van der Waals surface area (Å²) in [4.78, 5) is 31.5. The van der Waals surface area contributed by atoms with E-state index in [1.165, 1.54) is 16.9 Å². The van der Waals surface area contributed by atoms with E-state index >= 15 is 0 Å². The molecule has 1 saturated heterocycles. The predicted octanol–water partition coefficient (Wildman–Crippen LogP) is 3.88. The minimum Gasteiger partial charge on any atom is -0.467 e. The van der Waals surface area contributed by atoms with Crippen molar-refractivity contribution in [3.63, 3.8) is 0 Å². The molecule has 7 heteroatoms. The Hall–Kier alpha value is -2.93. The molecule has 2 amide bonds. The van der Waals surface area contributed by atoms with E-state index in [2.05, 4.69) is 10.3 Å². The molecule has 1 aliphatic rings. The van der Waals surface area contributed by atoms with Crippen molar-refractivity contribution in [2.45, 2.75) is 26.3 Å². The van der Waals surface area contributed by atoms with Gasteiger partial charge in [0.2, 0.25) is 5.91 Å². The molecule has 0 radical (unpaired) electrons. The van der Waals surface area contributed by atoms with Crippen LogP contribution in [0.5, 0.6) is 0 Å². The Balaban J connectivity index is 1.31. The molecular formula is C22H23N3O3S. The minimum atomic E-state index is -0.0763. The number of hydrogen-bond acceptors (Lipinski definition) is 5. The van der Waals surface area contributed by atoms with Gasteiger partial charge >= 0.3 is 0 Å². The van der Waals surface area contributed by atoms with Gasteiger partial charge in [0.05, 0.1) is 12.8 Å². The number of benzene rings is 1. The Labute approximate surface area is 173 Å². The van der Waals surface area contributed by atoms with Crippen LogP contribution in [0.2, 0.25) is 0 Å². The maximum Gasteiger partial charge on any atom is 0.273 e. The van der Waals surface area contributed by atoms with Gasteiger partial charge in [0.1, 0.15) is 16.5 Å². The lowest BCUT2D eigenvalue weighted by Crippen LogP contribution is -2.43. The number of nitrogens with zero attached hydrogens (tertiary/aromatic N) is 2. The molecule has 0 unspecified atom stereocenters. The summed E-state index contributed by atoms with van der Waals surface area (Å²) in [5.41, 5.74) is 2.69. The molecule has 0 aliphatic carbocycles. The van der Waals surface area contributed by atoms with Crippen molar-refractivity contribution in [3.8, 4) is 10.6 Å². The summed E-state index contributed by atoms with van der Waals surface area (Å²) in [6.07, 6.45) is 2.91. The number of amides is 2. The molecule has 6 nitrogen and oxygen atoms in total. The highest BCUT2D eigenvalue weighted by atomic mass is 32.1. The van der Waals surface area contributed by atoms with Crippen LogP contribution in [0, 0.1) is 12.8 Å². The first-order valence-electron chi connectivity index (χ1n) is 9.72. The van der Waals surface area contributed by atoms with E-state index in [0.29, 0.717) is 38.2 Å². The van der Waals surface area contributed by atoms with Crippen LogP contribution in [0.3, 0.4) is 0 Å². The fourth-order valence-electron chi connectivity index (χ4n) is 3.44. The smallest absolute Gasteiger partial charge is 0.273 e. The lowest BCUT2D eigenvalue weighted by molar-refractivity contribution is -0.126. The fourth-order valence-corrected chi connectivity index (χ4v) is 4.24. The van der Waals surface area contributed by atoms with Crippen molar-refractivity contribution >= 4 is 23.2 Å². The second-order valence-corrected chi connectivity index (χ2v) is 8.13. The first kappa shape index (κ1) is 19.4. The van der Waals surface area contributed by atoms with Crippen molar-refractivity contribution in [1.29, 1.82) is 0 Å². The molecule has 0 bridgehead atoms. The third-order valence-corrected chi connectivity index (χ3v) is 6.08. The van der Waals surface area contributed by atoms with Crippen LogP contribution in [0.4, 0.5) is 0 Å². The zero-order chi connectivity index (χ0) is 20.2. The number of thiazole rings is 1. The van der Waals surface area contributed by atoms with Gasteiger partial charge in [0, 0.05) is 30.0 Å². The Morgan fingerprint density at radius 2 is 1.97 bits per heavy atom. The largest absolute Gasteiger partial charge is 0.467 e. The first-order chi connectivity index (χ1) is 14.1. The molecular weight excluding hydrogens is 386 g/mol. The van der Waals surface area contributed by atoms with Gasteiger partial charge in [-0.25, -0.2) is 4.98 Å². The van der Waals surface area contributed by atoms with E-state index in [-0.39, 0.29) is 17.7 Å². The molecule has 0 atom stereocenters. The lowest BCUT2D eigenvalue weighted by Gasteiger charge is -2.30. The summed E-state index contributed by atoms with van der Waals surface area (Å²) in [5, 5.41) is 5.58. The Bertz CT molecular complexity index is 971. The van der Waals surface area contributed by atoms with Crippen LogP contribution in [0.15, 0.2) is 52.5 Å². The molecule has 1 N–H and O–H groups in total. The molecule has 2 aromatic heterocycles. The number of aryl methyl sites for hydroxylation is 1. The third-order valence-electron chi connectivity index (χ3n) is 5.19. The monoisotopic (exact) mass is 409 g/mol. The quantitative estimate of drug-likeness (QED) is 0.694. The second-order valence-electron chi connectivity index (χ2n) is 7.27. The normalized spacial score (nSPS) is 14.7. The standard InChI is InChI=1S/C22H23N3O3S/c1-15-4-6-17(7-5-15)21-24-19(14-29-21)22(27)25-10-8-16(9-11-25)20(26)23-13-18-3-2-12-28-18/h2-7,12,14,16H,8-11,13H2,1H3,(H,23,26). The Kier molecular flexibility index (Phi) is 5.76. The lowest BCUT2D eigenvalue weighted by atomic mass is 9.95. The van der Waals surface area contributed by atoms with Gasteiger partial charge in [-0.3, -0.25) is 9.59 Å². The molecule has 0 spiro atoms. The van der Waals surface area contributed by atoms with Crippen molar-refractivity contribution < 1.29 is 14.0 Å². The SMILES string of the molecule is Cc1ccc(-c2nc(C(=O)N3CCC(C(=O)NCc4ccco4)CC3)cs2)cc1. The number of rotatable bonds is 5. The van der Waals surface area contributed by atoms with Gasteiger partial charge in [0.25, 0.3) is 5.91 Å². The molecule has 1 aliphatic heterocycles. The highest BCUT2D eigenvalue weighted by molar-refractivity contribution is 7.13. The van der Waals surface area contributed by atoms with Crippen LogP contribution in [0.25, 0.3) is 10.6 Å². The van der Waals surface area contributed by atoms with E-state index in [1.807, 2.05) is 42.6 Å². The van der Waals surface area contributed by atoms with Crippen LogP contribution < -0.4 is 5.32 Å². The number of furan rings is 1. The zero-order valence-corrected chi connectivity index (χ0v) is 17.1. The highest BCUT2D eigenvalue weighted by Gasteiger charge is 2.28. The number of hydrogen-bond donors (Lipinski definition) is 1. The number of aromatic nitrogens is 1. The average Bonchev–Trinajstić information content (AvgIpc) is 3.44. The molecule has 3 aromatic rings. The van der Waals surface area contributed by atoms with E-state index in [1.54, 1.807) is 17.2 Å². The maximum atomic E-state index is 12.8. The number of nitrogens with one attached hydrogen (secondary N) is 1. The topological polar surface area (TPSA) is 75.4 Å². The minimum absolute atomic E-state index is 0.0174. The first-order valence-corrected chi connectivity index (χ1v) is 10.6. The molecule has 0 saturated carbocycles. The van der Waals surface area contributed by atoms with Gasteiger partial charge in [-0.2, -0.15) is 0 Å². The van der Waals surface area contributed by atoms with E-state index in [4.69, 9.17) is 4.42 Å². The summed E-state index contributed by atoms with van der Waals surface area (Å²) < 4.78 is 5.23. The molecule has 29 heavy (non-hydrogen) atoms. The molecule has 4 rings (SSSR count). The fraction of sp³-hybridized carbons (Fsp3) is 0.318. The van der Waals surface area contributed by atoms with Crippen LogP contribution in [-0.2, 0) is 11.3 Å². The number of likely N-dealkylation sites (tertiary alicyclic amines) is 1. The third kappa shape index (κ3) is 4.56. The molecule has 1 aromatic carbocycles. The molecule has 1 fully saturated rings. The molecule has 3 heterocycles. The van der Waals surface area contributed by atoms with Gasteiger partial charge in [-0.1, -0.05) is 29.8 Å².